The Morgan fingerprint density at radius 3 is 2.50 bits per heavy atom. The first-order valence-electron chi connectivity index (χ1n) is 8.36. The molecule has 0 bridgehead atoms. The van der Waals surface area contributed by atoms with E-state index in [1.807, 2.05) is 66.1 Å². The average Bonchev–Trinajstić information content (AvgIpc) is 2.89. The monoisotopic (exact) mass is 321 g/mol. The lowest BCUT2D eigenvalue weighted by atomic mass is 10.1. The van der Waals surface area contributed by atoms with Crippen LogP contribution < -0.4 is 11.1 Å². The molecule has 3 N–H and O–H groups in total. The van der Waals surface area contributed by atoms with Crippen LogP contribution in [0.3, 0.4) is 0 Å². The minimum absolute atomic E-state index is 0.0776. The quantitative estimate of drug-likeness (QED) is 0.742. The number of nitrogens with two attached hydrogens (primary N) is 1. The van der Waals surface area contributed by atoms with E-state index in [0.29, 0.717) is 11.4 Å². The fourth-order valence-corrected chi connectivity index (χ4v) is 3.12. The lowest BCUT2D eigenvalue weighted by Crippen LogP contribution is -2.29. The van der Waals surface area contributed by atoms with Crippen LogP contribution in [-0.4, -0.2) is 10.5 Å². The molecular formula is C20H23N3O. The van der Waals surface area contributed by atoms with E-state index in [1.165, 1.54) is 0 Å². The third-order valence-electron chi connectivity index (χ3n) is 4.32. The molecule has 0 aliphatic carbocycles. The van der Waals surface area contributed by atoms with Crippen LogP contribution >= 0.6 is 0 Å². The molecule has 3 aromatic rings. The van der Waals surface area contributed by atoms with Gasteiger partial charge in [0.25, 0.3) is 5.91 Å². The topological polar surface area (TPSA) is 60.0 Å². The number of carbonyl (C=O) groups is 1. The lowest BCUT2D eigenvalue weighted by Gasteiger charge is -2.16. The molecule has 0 saturated carbocycles. The van der Waals surface area contributed by atoms with Gasteiger partial charge in [-0.2, -0.15) is 0 Å². The second-order valence-corrected chi connectivity index (χ2v) is 6.04. The fraction of sp³-hybridized carbons (Fsp3) is 0.250. The van der Waals surface area contributed by atoms with Gasteiger partial charge in [0.15, 0.2) is 0 Å². The molecule has 24 heavy (non-hydrogen) atoms. The zero-order valence-electron chi connectivity index (χ0n) is 14.1. The predicted molar refractivity (Wildman–Crippen MR) is 99.0 cm³/mol. The van der Waals surface area contributed by atoms with E-state index < -0.39 is 0 Å². The Morgan fingerprint density at radius 1 is 1.12 bits per heavy atom. The molecule has 2 aromatic carbocycles. The number of nitrogens with zero attached hydrogens (tertiary/aromatic N) is 1. The lowest BCUT2D eigenvalue weighted by molar-refractivity contribution is 0.0932. The van der Waals surface area contributed by atoms with Crippen molar-refractivity contribution in [1.82, 2.24) is 9.88 Å². The maximum atomic E-state index is 12.9. The van der Waals surface area contributed by atoms with Crippen molar-refractivity contribution in [2.24, 2.45) is 0 Å². The molecule has 1 aromatic heterocycles. The zero-order valence-corrected chi connectivity index (χ0v) is 14.1. The molecule has 0 aliphatic rings. The maximum absolute atomic E-state index is 12.9. The van der Waals surface area contributed by atoms with Gasteiger partial charge in [0, 0.05) is 11.9 Å². The van der Waals surface area contributed by atoms with Crippen LogP contribution in [0.2, 0.25) is 0 Å². The Bertz CT molecular complexity index is 852. The van der Waals surface area contributed by atoms with Crippen LogP contribution in [0.4, 0.5) is 5.69 Å². The number of anilines is 1. The summed E-state index contributed by atoms with van der Waals surface area (Å²) in [4.78, 5) is 12.9. The largest absolute Gasteiger partial charge is 0.396 e. The van der Waals surface area contributed by atoms with Crippen molar-refractivity contribution in [1.29, 1.82) is 0 Å². The minimum atomic E-state index is -0.131. The third kappa shape index (κ3) is 2.87. The maximum Gasteiger partial charge on any atom is 0.270 e. The molecule has 0 aliphatic heterocycles. The second kappa shape index (κ2) is 6.79. The summed E-state index contributed by atoms with van der Waals surface area (Å²) in [6.07, 6.45) is 0.937. The molecule has 0 saturated heterocycles. The second-order valence-electron chi connectivity index (χ2n) is 6.04. The summed E-state index contributed by atoms with van der Waals surface area (Å²) in [6, 6.07) is 17.8. The van der Waals surface area contributed by atoms with Crippen LogP contribution in [0.1, 0.15) is 42.4 Å². The van der Waals surface area contributed by atoms with E-state index in [2.05, 4.69) is 12.2 Å². The summed E-state index contributed by atoms with van der Waals surface area (Å²) >= 11 is 0. The Hall–Kier alpha value is -2.75. The van der Waals surface area contributed by atoms with E-state index in [0.717, 1.165) is 29.4 Å². The number of carbonyl (C=O) groups excluding carboxylic acids is 1. The number of rotatable bonds is 5. The Kier molecular flexibility index (Phi) is 4.56. The van der Waals surface area contributed by atoms with E-state index >= 15 is 0 Å². The van der Waals surface area contributed by atoms with Crippen molar-refractivity contribution < 1.29 is 4.79 Å². The van der Waals surface area contributed by atoms with Gasteiger partial charge in [0.1, 0.15) is 5.69 Å². The Morgan fingerprint density at radius 2 is 1.79 bits per heavy atom. The first-order chi connectivity index (χ1) is 11.6. The van der Waals surface area contributed by atoms with Gasteiger partial charge in [0.2, 0.25) is 0 Å². The summed E-state index contributed by atoms with van der Waals surface area (Å²) < 4.78 is 2.03. The van der Waals surface area contributed by atoms with Crippen molar-refractivity contribution in [3.05, 3.63) is 65.9 Å². The van der Waals surface area contributed by atoms with E-state index in [-0.39, 0.29) is 11.9 Å². The number of benzene rings is 2. The molecular weight excluding hydrogens is 298 g/mol. The number of fused-ring (bicyclic) bond motifs is 1. The van der Waals surface area contributed by atoms with Gasteiger partial charge in [-0.1, -0.05) is 55.5 Å². The van der Waals surface area contributed by atoms with Crippen LogP contribution in [0.5, 0.6) is 0 Å². The number of aryl methyl sites for hydroxylation is 1. The number of hydrogen-bond donors (Lipinski definition) is 2. The van der Waals surface area contributed by atoms with Crippen molar-refractivity contribution >= 4 is 22.5 Å². The van der Waals surface area contributed by atoms with Crippen LogP contribution in [0.25, 0.3) is 10.9 Å². The van der Waals surface area contributed by atoms with Crippen LogP contribution in [0, 0.1) is 0 Å². The smallest absolute Gasteiger partial charge is 0.270 e. The molecule has 0 fully saturated rings. The number of para-hydroxylation sites is 1. The normalized spacial score (nSPS) is 12.2. The van der Waals surface area contributed by atoms with Crippen molar-refractivity contribution in [2.45, 2.75) is 32.9 Å². The SMILES string of the molecule is CCCn1c(C(=O)N[C@@H](C)c2ccccc2)c(N)c2ccccc21. The molecule has 3 rings (SSSR count). The van der Waals surface area contributed by atoms with Gasteiger partial charge >= 0.3 is 0 Å². The van der Waals surface area contributed by atoms with Crippen LogP contribution in [-0.2, 0) is 6.54 Å². The summed E-state index contributed by atoms with van der Waals surface area (Å²) in [5.74, 6) is -0.131. The Balaban J connectivity index is 1.97. The van der Waals surface area contributed by atoms with Crippen molar-refractivity contribution in [3.8, 4) is 0 Å². The molecule has 1 atom stereocenters. The number of hydrogen-bond acceptors (Lipinski definition) is 2. The van der Waals surface area contributed by atoms with E-state index in [4.69, 9.17) is 5.73 Å². The molecule has 4 heteroatoms. The Labute approximate surface area is 142 Å². The highest BCUT2D eigenvalue weighted by Crippen LogP contribution is 2.29. The molecule has 124 valence electrons. The standard InChI is InChI=1S/C20H23N3O/c1-3-13-23-17-12-8-7-11-16(17)18(21)19(23)20(24)22-14(2)15-9-5-4-6-10-15/h4-12,14H,3,13,21H2,1-2H3,(H,22,24)/t14-/m0/s1. The van der Waals surface area contributed by atoms with E-state index in [1.54, 1.807) is 0 Å². The zero-order chi connectivity index (χ0) is 17.1. The number of nitrogen functional groups attached to an aromatic ring is 1. The highest BCUT2D eigenvalue weighted by atomic mass is 16.2. The molecule has 0 radical (unpaired) electrons. The molecule has 4 nitrogen and oxygen atoms in total. The molecule has 1 amide bonds. The summed E-state index contributed by atoms with van der Waals surface area (Å²) in [5, 5.41) is 4.01. The molecule has 0 unspecified atom stereocenters. The summed E-state index contributed by atoms with van der Waals surface area (Å²) in [6.45, 7) is 4.84. The molecule has 0 spiro atoms. The predicted octanol–water partition coefficient (Wildman–Crippen LogP) is 4.12. The summed E-state index contributed by atoms with van der Waals surface area (Å²) in [5.41, 5.74) is 9.49. The third-order valence-corrected chi connectivity index (χ3v) is 4.32. The first-order valence-corrected chi connectivity index (χ1v) is 8.36. The number of nitrogens with one attached hydrogen (secondary N) is 1. The minimum Gasteiger partial charge on any atom is -0.396 e. The highest BCUT2D eigenvalue weighted by Gasteiger charge is 2.22. The van der Waals surface area contributed by atoms with Crippen molar-refractivity contribution in [3.63, 3.8) is 0 Å². The van der Waals surface area contributed by atoms with E-state index in [9.17, 15) is 4.79 Å². The fourth-order valence-electron chi connectivity index (χ4n) is 3.12. The number of amides is 1. The van der Waals surface area contributed by atoms with Gasteiger partial charge in [-0.05, 0) is 25.0 Å². The number of aromatic nitrogens is 1. The summed E-state index contributed by atoms with van der Waals surface area (Å²) in [7, 11) is 0. The van der Waals surface area contributed by atoms with Crippen molar-refractivity contribution in [2.75, 3.05) is 5.73 Å². The average molecular weight is 321 g/mol. The molecule has 1 heterocycles. The van der Waals surface area contributed by atoms with Gasteiger partial charge in [0.05, 0.1) is 17.2 Å². The van der Waals surface area contributed by atoms with Crippen LogP contribution in [0.15, 0.2) is 54.6 Å². The van der Waals surface area contributed by atoms with Gasteiger partial charge in [-0.3, -0.25) is 4.79 Å². The first kappa shape index (κ1) is 16.1. The van der Waals surface area contributed by atoms with Gasteiger partial charge < -0.3 is 15.6 Å². The highest BCUT2D eigenvalue weighted by molar-refractivity contribution is 6.08. The van der Waals surface area contributed by atoms with Gasteiger partial charge in [-0.25, -0.2) is 0 Å². The van der Waals surface area contributed by atoms with Gasteiger partial charge in [-0.15, -0.1) is 0 Å².